The molecular weight excluding hydrogens is 264 g/mol. The van der Waals surface area contributed by atoms with Crippen molar-refractivity contribution >= 4 is 23.0 Å². The Morgan fingerprint density at radius 2 is 2.10 bits per heavy atom. The van der Waals surface area contributed by atoms with Crippen molar-refractivity contribution in [2.24, 2.45) is 0 Å². The van der Waals surface area contributed by atoms with Gasteiger partial charge in [0.2, 0.25) is 5.91 Å². The largest absolute Gasteiger partial charge is 0.356 e. The van der Waals surface area contributed by atoms with Crippen LogP contribution >= 0.6 is 0 Å². The predicted molar refractivity (Wildman–Crippen MR) is 85.9 cm³/mol. The summed E-state index contributed by atoms with van der Waals surface area (Å²) in [6, 6.07) is 6.47. The Balaban J connectivity index is 2.24. The molecule has 0 aliphatic heterocycles. The maximum Gasteiger partial charge on any atom is 0.243 e. The normalized spacial score (nSPS) is 13.2. The maximum atomic E-state index is 11.2. The molecule has 5 nitrogen and oxygen atoms in total. The summed E-state index contributed by atoms with van der Waals surface area (Å²) in [7, 11) is 1.61. The monoisotopic (exact) mass is 286 g/mol. The summed E-state index contributed by atoms with van der Waals surface area (Å²) in [6.07, 6.45) is 3.30. The van der Waals surface area contributed by atoms with Gasteiger partial charge in [-0.15, -0.1) is 0 Å². The van der Waals surface area contributed by atoms with E-state index in [1.807, 2.05) is 18.2 Å². The summed E-state index contributed by atoms with van der Waals surface area (Å²) in [5, 5.41) is 5.98. The molecule has 1 heterocycles. The molecule has 5 heteroatoms. The van der Waals surface area contributed by atoms with Crippen LogP contribution in [0.3, 0.4) is 0 Å². The predicted octanol–water partition coefficient (Wildman–Crippen LogP) is 2.38. The number of aromatic nitrogens is 2. The number of fused-ring (bicyclic) bond motifs is 1. The van der Waals surface area contributed by atoms with Gasteiger partial charge in [0.05, 0.1) is 17.1 Å². The van der Waals surface area contributed by atoms with E-state index in [0.717, 1.165) is 22.4 Å². The summed E-state index contributed by atoms with van der Waals surface area (Å²) in [4.78, 5) is 19.1. The molecule has 1 amide bonds. The minimum atomic E-state index is -0.116. The molecule has 0 radical (unpaired) electrons. The third-order valence-electron chi connectivity index (χ3n) is 3.19. The molecule has 0 unspecified atom stereocenters. The molecular formula is C16H22N4O. The quantitative estimate of drug-likeness (QED) is 0.739. The van der Waals surface area contributed by atoms with Gasteiger partial charge in [-0.3, -0.25) is 4.79 Å². The van der Waals surface area contributed by atoms with E-state index in [4.69, 9.17) is 0 Å². The van der Waals surface area contributed by atoms with Crippen molar-refractivity contribution in [2.75, 3.05) is 7.05 Å². The number of H-pyrrole nitrogens is 1. The van der Waals surface area contributed by atoms with Crippen LogP contribution in [-0.2, 0) is 4.79 Å². The second kappa shape index (κ2) is 6.54. The molecule has 21 heavy (non-hydrogen) atoms. The number of nitrogens with zero attached hydrogens (tertiary/aromatic N) is 1. The van der Waals surface area contributed by atoms with Gasteiger partial charge < -0.3 is 15.6 Å². The fourth-order valence-electron chi connectivity index (χ4n) is 2.19. The summed E-state index contributed by atoms with van der Waals surface area (Å²) in [5.74, 6) is 0.807. The third kappa shape index (κ3) is 3.92. The van der Waals surface area contributed by atoms with Crippen molar-refractivity contribution in [1.29, 1.82) is 0 Å². The number of carbonyl (C=O) groups excluding carboxylic acids is 1. The van der Waals surface area contributed by atoms with Crippen LogP contribution < -0.4 is 10.6 Å². The Morgan fingerprint density at radius 1 is 1.33 bits per heavy atom. The minimum absolute atomic E-state index is 0.116. The van der Waals surface area contributed by atoms with Gasteiger partial charge in [0.25, 0.3) is 0 Å². The van der Waals surface area contributed by atoms with Crippen molar-refractivity contribution in [1.82, 2.24) is 20.6 Å². The first-order valence-electron chi connectivity index (χ1n) is 7.15. The lowest BCUT2D eigenvalue weighted by Crippen LogP contribution is -2.26. The van der Waals surface area contributed by atoms with Crippen LogP contribution in [0.15, 0.2) is 24.3 Å². The average Bonchev–Trinajstić information content (AvgIpc) is 2.87. The number of amides is 1. The van der Waals surface area contributed by atoms with E-state index in [1.165, 1.54) is 6.08 Å². The van der Waals surface area contributed by atoms with E-state index in [0.29, 0.717) is 6.04 Å². The Kier molecular flexibility index (Phi) is 4.75. The first-order chi connectivity index (χ1) is 9.99. The van der Waals surface area contributed by atoms with Crippen LogP contribution in [0.2, 0.25) is 0 Å². The molecule has 0 bridgehead atoms. The fourth-order valence-corrected chi connectivity index (χ4v) is 2.19. The Labute approximate surface area is 124 Å². The Bertz CT molecular complexity index is 657. The summed E-state index contributed by atoms with van der Waals surface area (Å²) in [6.45, 7) is 6.31. The van der Waals surface area contributed by atoms with E-state index in [2.05, 4.69) is 41.4 Å². The molecule has 2 aromatic rings. The van der Waals surface area contributed by atoms with E-state index < -0.39 is 0 Å². The highest BCUT2D eigenvalue weighted by Crippen LogP contribution is 2.18. The molecule has 0 fully saturated rings. The molecule has 2 rings (SSSR count). The van der Waals surface area contributed by atoms with Crippen LogP contribution in [-0.4, -0.2) is 29.0 Å². The zero-order valence-electron chi connectivity index (χ0n) is 12.9. The fraction of sp³-hybridized carbons (Fsp3) is 0.375. The van der Waals surface area contributed by atoms with Crippen molar-refractivity contribution in [3.8, 4) is 0 Å². The summed E-state index contributed by atoms with van der Waals surface area (Å²) in [5.41, 5.74) is 2.87. The molecule has 3 N–H and O–H groups in total. The lowest BCUT2D eigenvalue weighted by atomic mass is 10.2. The van der Waals surface area contributed by atoms with Gasteiger partial charge in [-0.1, -0.05) is 19.9 Å². The first-order valence-corrected chi connectivity index (χ1v) is 7.15. The van der Waals surface area contributed by atoms with Gasteiger partial charge in [0.1, 0.15) is 5.82 Å². The van der Waals surface area contributed by atoms with E-state index >= 15 is 0 Å². The molecule has 1 aromatic heterocycles. The average molecular weight is 286 g/mol. The number of likely N-dealkylation sites (N-methyl/N-ethyl adjacent to an activating group) is 1. The lowest BCUT2D eigenvalue weighted by molar-refractivity contribution is -0.115. The second-order valence-corrected chi connectivity index (χ2v) is 5.39. The Morgan fingerprint density at radius 3 is 2.76 bits per heavy atom. The third-order valence-corrected chi connectivity index (χ3v) is 3.19. The molecule has 0 saturated heterocycles. The summed E-state index contributed by atoms with van der Waals surface area (Å²) < 4.78 is 0. The topological polar surface area (TPSA) is 69.8 Å². The van der Waals surface area contributed by atoms with Crippen molar-refractivity contribution in [2.45, 2.75) is 32.9 Å². The number of hydrogen-bond acceptors (Lipinski definition) is 3. The maximum absolute atomic E-state index is 11.2. The number of benzene rings is 1. The number of hydrogen-bond donors (Lipinski definition) is 3. The second-order valence-electron chi connectivity index (χ2n) is 5.39. The molecule has 0 spiro atoms. The van der Waals surface area contributed by atoms with Crippen LogP contribution in [0, 0.1) is 0 Å². The molecule has 0 aliphatic carbocycles. The molecule has 1 atom stereocenters. The van der Waals surface area contributed by atoms with Crippen molar-refractivity contribution in [3.63, 3.8) is 0 Å². The zero-order chi connectivity index (χ0) is 15.4. The van der Waals surface area contributed by atoms with Crippen molar-refractivity contribution in [3.05, 3.63) is 35.7 Å². The van der Waals surface area contributed by atoms with Crippen molar-refractivity contribution < 1.29 is 4.79 Å². The van der Waals surface area contributed by atoms with Crippen LogP contribution in [0.4, 0.5) is 0 Å². The molecule has 1 aromatic carbocycles. The lowest BCUT2D eigenvalue weighted by Gasteiger charge is -2.13. The van der Waals surface area contributed by atoms with Crippen LogP contribution in [0.5, 0.6) is 0 Å². The zero-order valence-corrected chi connectivity index (χ0v) is 12.9. The summed E-state index contributed by atoms with van der Waals surface area (Å²) >= 11 is 0. The van der Waals surface area contributed by atoms with Gasteiger partial charge >= 0.3 is 0 Å². The first kappa shape index (κ1) is 15.3. The standard InChI is InChI=1S/C16H22N4O/c1-10(2)18-11(3)16-19-13-7-5-12(9-14(13)20-16)6-8-15(21)17-4/h5-11,18H,1-4H3,(H,17,21)(H,19,20)/b8-6+/t11-/m1/s1. The smallest absolute Gasteiger partial charge is 0.243 e. The van der Waals surface area contributed by atoms with Gasteiger partial charge in [-0.25, -0.2) is 4.98 Å². The van der Waals surface area contributed by atoms with Gasteiger partial charge in [-0.2, -0.15) is 0 Å². The van der Waals surface area contributed by atoms with Gasteiger partial charge in [-0.05, 0) is 30.7 Å². The number of rotatable bonds is 5. The van der Waals surface area contributed by atoms with Crippen LogP contribution in [0.25, 0.3) is 17.1 Å². The highest BCUT2D eigenvalue weighted by Gasteiger charge is 2.11. The van der Waals surface area contributed by atoms with Crippen LogP contribution in [0.1, 0.15) is 38.2 Å². The number of aromatic amines is 1. The number of carbonyl (C=O) groups is 1. The van der Waals surface area contributed by atoms with E-state index in [1.54, 1.807) is 13.1 Å². The number of imidazole rings is 1. The Hall–Kier alpha value is -2.14. The van der Waals surface area contributed by atoms with E-state index in [9.17, 15) is 4.79 Å². The molecule has 112 valence electrons. The highest BCUT2D eigenvalue weighted by molar-refractivity contribution is 5.92. The molecule has 0 aliphatic rings. The molecule has 0 saturated carbocycles. The SMILES string of the molecule is CNC(=O)/C=C/c1ccc2nc([C@@H](C)NC(C)C)[nH]c2c1. The van der Waals surface area contributed by atoms with E-state index in [-0.39, 0.29) is 11.9 Å². The minimum Gasteiger partial charge on any atom is -0.356 e. The highest BCUT2D eigenvalue weighted by atomic mass is 16.1. The number of nitrogens with one attached hydrogen (secondary N) is 3. The van der Waals surface area contributed by atoms with Gasteiger partial charge in [0.15, 0.2) is 0 Å². The van der Waals surface area contributed by atoms with Gasteiger partial charge in [0, 0.05) is 19.2 Å².